The molecule has 1 nitrogen and oxygen atoms in total. The molecule has 0 aliphatic heterocycles. The van der Waals surface area contributed by atoms with Crippen LogP contribution in [0.3, 0.4) is 0 Å². The average molecular weight is 303 g/mol. The lowest BCUT2D eigenvalue weighted by molar-refractivity contribution is -0.137. The molecule has 1 aliphatic carbocycles. The summed E-state index contributed by atoms with van der Waals surface area (Å²) in [7, 11) is 0. The molecule has 20 heavy (non-hydrogen) atoms. The molecule has 0 spiro atoms. The largest absolute Gasteiger partial charge is 0.416 e. The SMILES string of the molecule is CCC1CCCCC1Sc1ccc(C(F)(F)F)cc1N. The van der Waals surface area contributed by atoms with E-state index in [0.29, 0.717) is 11.2 Å². The van der Waals surface area contributed by atoms with Crippen LogP contribution >= 0.6 is 11.8 Å². The molecule has 2 atom stereocenters. The smallest absolute Gasteiger partial charge is 0.398 e. The number of alkyl halides is 3. The molecule has 1 aliphatic rings. The van der Waals surface area contributed by atoms with Crippen molar-refractivity contribution in [3.05, 3.63) is 23.8 Å². The summed E-state index contributed by atoms with van der Waals surface area (Å²) in [5.74, 6) is 0.649. The van der Waals surface area contributed by atoms with E-state index in [-0.39, 0.29) is 5.69 Å². The number of rotatable bonds is 3. The van der Waals surface area contributed by atoms with Gasteiger partial charge in [0.1, 0.15) is 0 Å². The third-order valence-electron chi connectivity index (χ3n) is 3.98. The Kier molecular flexibility index (Phi) is 4.89. The summed E-state index contributed by atoms with van der Waals surface area (Å²) >= 11 is 1.65. The van der Waals surface area contributed by atoms with Crippen molar-refractivity contribution in [2.75, 3.05) is 5.73 Å². The quantitative estimate of drug-likeness (QED) is 0.762. The van der Waals surface area contributed by atoms with Crippen molar-refractivity contribution in [3.63, 3.8) is 0 Å². The van der Waals surface area contributed by atoms with E-state index in [1.165, 1.54) is 25.3 Å². The van der Waals surface area contributed by atoms with Crippen LogP contribution in [0, 0.1) is 5.92 Å². The Morgan fingerprint density at radius 3 is 2.55 bits per heavy atom. The molecule has 0 amide bonds. The molecule has 0 heterocycles. The van der Waals surface area contributed by atoms with Crippen LogP contribution in [0.5, 0.6) is 0 Å². The number of hydrogen-bond donors (Lipinski definition) is 1. The van der Waals surface area contributed by atoms with Gasteiger partial charge in [0.2, 0.25) is 0 Å². The van der Waals surface area contributed by atoms with Crippen molar-refractivity contribution in [2.45, 2.75) is 55.3 Å². The lowest BCUT2D eigenvalue weighted by atomic mass is 9.87. The van der Waals surface area contributed by atoms with Crippen LogP contribution in [-0.2, 0) is 6.18 Å². The summed E-state index contributed by atoms with van der Waals surface area (Å²) in [6, 6.07) is 3.69. The first kappa shape index (κ1) is 15.5. The van der Waals surface area contributed by atoms with Gasteiger partial charge in [-0.2, -0.15) is 13.2 Å². The minimum Gasteiger partial charge on any atom is -0.398 e. The maximum absolute atomic E-state index is 12.6. The highest BCUT2D eigenvalue weighted by molar-refractivity contribution is 8.00. The first-order valence-electron chi connectivity index (χ1n) is 7.05. The highest BCUT2D eigenvalue weighted by Gasteiger charge is 2.31. The molecule has 2 N–H and O–H groups in total. The molecule has 1 fully saturated rings. The Morgan fingerprint density at radius 2 is 1.95 bits per heavy atom. The van der Waals surface area contributed by atoms with Crippen LogP contribution in [0.25, 0.3) is 0 Å². The average Bonchev–Trinajstić information content (AvgIpc) is 2.40. The number of halogens is 3. The monoisotopic (exact) mass is 303 g/mol. The van der Waals surface area contributed by atoms with Gasteiger partial charge in [-0.05, 0) is 37.0 Å². The van der Waals surface area contributed by atoms with E-state index >= 15 is 0 Å². The number of nitrogen functional groups attached to an aromatic ring is 1. The molecule has 112 valence electrons. The summed E-state index contributed by atoms with van der Waals surface area (Å²) in [5.41, 5.74) is 5.37. The maximum atomic E-state index is 12.6. The van der Waals surface area contributed by atoms with E-state index in [1.54, 1.807) is 11.8 Å². The highest BCUT2D eigenvalue weighted by atomic mass is 32.2. The van der Waals surface area contributed by atoms with Gasteiger partial charge in [-0.1, -0.05) is 26.2 Å². The fourth-order valence-corrected chi connectivity index (χ4v) is 4.26. The van der Waals surface area contributed by atoms with Crippen LogP contribution in [0.1, 0.15) is 44.6 Å². The first-order chi connectivity index (χ1) is 9.41. The zero-order valence-corrected chi connectivity index (χ0v) is 12.4. The molecule has 2 rings (SSSR count). The molecule has 0 radical (unpaired) electrons. The number of hydrogen-bond acceptors (Lipinski definition) is 2. The summed E-state index contributed by atoms with van der Waals surface area (Å²) in [6.07, 6.45) is 1.61. The van der Waals surface area contributed by atoms with Crippen LogP contribution < -0.4 is 5.73 Å². The minimum atomic E-state index is -4.33. The Labute approximate surface area is 122 Å². The normalized spacial score (nSPS) is 23.8. The van der Waals surface area contributed by atoms with E-state index < -0.39 is 11.7 Å². The molecule has 0 saturated heterocycles. The van der Waals surface area contributed by atoms with Gasteiger partial charge in [-0.25, -0.2) is 0 Å². The zero-order chi connectivity index (χ0) is 14.8. The lowest BCUT2D eigenvalue weighted by Crippen LogP contribution is -2.21. The first-order valence-corrected chi connectivity index (χ1v) is 7.93. The number of anilines is 1. The summed E-state index contributed by atoms with van der Waals surface area (Å²) < 4.78 is 37.8. The predicted molar refractivity (Wildman–Crippen MR) is 77.8 cm³/mol. The fourth-order valence-electron chi connectivity index (χ4n) is 2.79. The third kappa shape index (κ3) is 3.62. The molecular formula is C15H20F3NS. The fraction of sp³-hybridized carbons (Fsp3) is 0.600. The number of nitrogens with two attached hydrogens (primary N) is 1. The van der Waals surface area contributed by atoms with Gasteiger partial charge in [0, 0.05) is 15.8 Å². The molecule has 0 aromatic heterocycles. The van der Waals surface area contributed by atoms with E-state index in [4.69, 9.17) is 5.73 Å². The minimum absolute atomic E-state index is 0.241. The molecule has 1 aromatic rings. The van der Waals surface area contributed by atoms with Gasteiger partial charge in [-0.15, -0.1) is 11.8 Å². The molecule has 1 aromatic carbocycles. The van der Waals surface area contributed by atoms with E-state index in [2.05, 4.69) is 6.92 Å². The van der Waals surface area contributed by atoms with E-state index in [0.717, 1.165) is 29.9 Å². The Hall–Kier alpha value is -0.840. The van der Waals surface area contributed by atoms with E-state index in [9.17, 15) is 13.2 Å². The molecule has 2 unspecified atom stereocenters. The Morgan fingerprint density at radius 1 is 1.25 bits per heavy atom. The molecule has 5 heteroatoms. The Balaban J connectivity index is 2.13. The summed E-state index contributed by atoms with van der Waals surface area (Å²) in [4.78, 5) is 0.781. The van der Waals surface area contributed by atoms with Gasteiger partial charge in [0.15, 0.2) is 0 Å². The van der Waals surface area contributed by atoms with Gasteiger partial charge in [0.05, 0.1) is 5.56 Å². The van der Waals surface area contributed by atoms with Crippen LogP contribution in [0.4, 0.5) is 18.9 Å². The summed E-state index contributed by atoms with van der Waals surface area (Å²) in [6.45, 7) is 2.18. The van der Waals surface area contributed by atoms with Crippen molar-refractivity contribution in [3.8, 4) is 0 Å². The van der Waals surface area contributed by atoms with Crippen molar-refractivity contribution in [1.82, 2.24) is 0 Å². The van der Waals surface area contributed by atoms with Gasteiger partial charge < -0.3 is 5.73 Å². The third-order valence-corrected chi connectivity index (χ3v) is 5.53. The number of benzene rings is 1. The molecule has 0 bridgehead atoms. The van der Waals surface area contributed by atoms with Crippen LogP contribution in [-0.4, -0.2) is 5.25 Å². The zero-order valence-electron chi connectivity index (χ0n) is 11.5. The van der Waals surface area contributed by atoms with Crippen molar-refractivity contribution in [1.29, 1.82) is 0 Å². The topological polar surface area (TPSA) is 26.0 Å². The second-order valence-corrected chi connectivity index (χ2v) is 6.64. The van der Waals surface area contributed by atoms with Crippen molar-refractivity contribution in [2.24, 2.45) is 5.92 Å². The van der Waals surface area contributed by atoms with Crippen LogP contribution in [0.2, 0.25) is 0 Å². The van der Waals surface area contributed by atoms with E-state index in [1.807, 2.05) is 0 Å². The van der Waals surface area contributed by atoms with Gasteiger partial charge in [0.25, 0.3) is 0 Å². The second-order valence-electron chi connectivity index (χ2n) is 5.36. The molecular weight excluding hydrogens is 283 g/mol. The predicted octanol–water partition coefficient (Wildman–Crippen LogP) is 5.35. The van der Waals surface area contributed by atoms with Crippen LogP contribution in [0.15, 0.2) is 23.1 Å². The van der Waals surface area contributed by atoms with Crippen molar-refractivity contribution >= 4 is 17.4 Å². The van der Waals surface area contributed by atoms with Gasteiger partial charge in [-0.3, -0.25) is 0 Å². The Bertz CT molecular complexity index is 459. The lowest BCUT2D eigenvalue weighted by Gasteiger charge is -2.30. The summed E-state index contributed by atoms with van der Waals surface area (Å²) in [5, 5.41) is 0.479. The standard InChI is InChI=1S/C15H20F3NS/c1-2-10-5-3-4-6-13(10)20-14-8-7-11(9-12(14)19)15(16,17)18/h7-10,13H,2-6,19H2,1H3. The molecule has 1 saturated carbocycles. The van der Waals surface area contributed by atoms with Gasteiger partial charge >= 0.3 is 6.18 Å². The number of thioether (sulfide) groups is 1. The van der Waals surface area contributed by atoms with Crippen molar-refractivity contribution < 1.29 is 13.2 Å². The highest BCUT2D eigenvalue weighted by Crippen LogP contribution is 2.42. The second kappa shape index (κ2) is 6.29. The maximum Gasteiger partial charge on any atom is 0.416 e.